The van der Waals surface area contributed by atoms with Gasteiger partial charge in [0.05, 0.1) is 15.4 Å². The summed E-state index contributed by atoms with van der Waals surface area (Å²) in [6.45, 7) is -0.173. The number of fused-ring (bicyclic) bond motifs is 1. The summed E-state index contributed by atoms with van der Waals surface area (Å²) in [4.78, 5) is 16.9. The first-order valence-corrected chi connectivity index (χ1v) is 12.0. The number of carbonyl (C=O) groups excluding carboxylic acids is 1. The van der Waals surface area contributed by atoms with Crippen LogP contribution in [0.1, 0.15) is 5.82 Å². The summed E-state index contributed by atoms with van der Waals surface area (Å²) in [6.07, 6.45) is 0. The molecule has 0 fully saturated rings. The van der Waals surface area contributed by atoms with Crippen molar-refractivity contribution >= 4 is 61.5 Å². The smallest absolute Gasteiger partial charge is 0.266 e. The summed E-state index contributed by atoms with van der Waals surface area (Å²) >= 11 is 12.7. The van der Waals surface area contributed by atoms with Crippen LogP contribution in [0.3, 0.4) is 0 Å². The number of benzene rings is 2. The van der Waals surface area contributed by atoms with Gasteiger partial charge >= 0.3 is 0 Å². The molecule has 0 saturated carbocycles. The van der Waals surface area contributed by atoms with E-state index in [1.807, 2.05) is 47.2 Å². The van der Waals surface area contributed by atoms with Crippen molar-refractivity contribution in [2.75, 3.05) is 0 Å². The maximum absolute atomic E-state index is 12.6. The first-order valence-electron chi connectivity index (χ1n) is 8.96. The third-order valence-electron chi connectivity index (χ3n) is 4.31. The van der Waals surface area contributed by atoms with Crippen molar-refractivity contribution in [3.05, 3.63) is 75.2 Å². The zero-order valence-electron chi connectivity index (χ0n) is 15.8. The fraction of sp³-hybridized carbons (Fsp3) is 0.100. The summed E-state index contributed by atoms with van der Waals surface area (Å²) in [7, 11) is -4.16. The molecule has 2 aromatic carbocycles. The van der Waals surface area contributed by atoms with Crippen LogP contribution in [0.25, 0.3) is 11.0 Å². The third-order valence-corrected chi connectivity index (χ3v) is 7.44. The maximum atomic E-state index is 12.6. The van der Waals surface area contributed by atoms with Gasteiger partial charge in [-0.1, -0.05) is 53.5 Å². The van der Waals surface area contributed by atoms with Crippen LogP contribution >= 0.6 is 34.5 Å². The average molecular weight is 496 g/mol. The maximum Gasteiger partial charge on any atom is 0.266 e. The number of rotatable bonds is 7. The summed E-state index contributed by atoms with van der Waals surface area (Å²) in [5.41, 5.74) is 1.34. The topological polar surface area (TPSA) is 90.3 Å². The molecule has 0 bridgehead atoms. The highest BCUT2D eigenvalue weighted by Crippen LogP contribution is 2.34. The van der Waals surface area contributed by atoms with Gasteiger partial charge in [0.25, 0.3) is 15.9 Å². The lowest BCUT2D eigenvalue weighted by Crippen LogP contribution is -2.33. The van der Waals surface area contributed by atoms with Crippen LogP contribution in [0.5, 0.6) is 5.75 Å². The van der Waals surface area contributed by atoms with Gasteiger partial charge < -0.3 is 9.30 Å². The van der Waals surface area contributed by atoms with Crippen molar-refractivity contribution in [3.8, 4) is 5.75 Å². The van der Waals surface area contributed by atoms with Crippen molar-refractivity contribution in [2.45, 2.75) is 18.0 Å². The van der Waals surface area contributed by atoms with E-state index in [0.717, 1.165) is 11.3 Å². The highest BCUT2D eigenvalue weighted by atomic mass is 35.5. The Hall–Kier alpha value is -2.59. The Bertz CT molecular complexity index is 1350. The fourth-order valence-electron chi connectivity index (χ4n) is 2.97. The molecule has 0 saturated heterocycles. The minimum absolute atomic E-state index is 0.0182. The van der Waals surface area contributed by atoms with Gasteiger partial charge in [-0.05, 0) is 30.3 Å². The minimum Gasteiger partial charge on any atom is -0.486 e. The Morgan fingerprint density at radius 2 is 1.81 bits per heavy atom. The molecule has 31 heavy (non-hydrogen) atoms. The minimum atomic E-state index is -4.16. The number of hydrogen-bond acceptors (Lipinski definition) is 6. The van der Waals surface area contributed by atoms with E-state index in [1.54, 1.807) is 16.7 Å². The van der Waals surface area contributed by atoms with E-state index in [9.17, 15) is 13.2 Å². The summed E-state index contributed by atoms with van der Waals surface area (Å²) in [5.74, 6) is 0.383. The highest BCUT2D eigenvalue weighted by molar-refractivity contribution is 7.90. The van der Waals surface area contributed by atoms with E-state index in [2.05, 4.69) is 4.98 Å². The van der Waals surface area contributed by atoms with E-state index in [-0.39, 0.29) is 26.7 Å². The molecule has 1 N–H and O–H groups in total. The van der Waals surface area contributed by atoms with Crippen molar-refractivity contribution in [1.29, 1.82) is 0 Å². The Kier molecular flexibility index (Phi) is 6.19. The molecule has 0 radical (unpaired) electrons. The Labute approximate surface area is 192 Å². The normalized spacial score (nSPS) is 11.5. The molecule has 2 heterocycles. The van der Waals surface area contributed by atoms with Crippen molar-refractivity contribution in [3.63, 3.8) is 0 Å². The van der Waals surface area contributed by atoms with Crippen LogP contribution < -0.4 is 9.46 Å². The van der Waals surface area contributed by atoms with Gasteiger partial charge in [0.2, 0.25) is 0 Å². The van der Waals surface area contributed by atoms with Gasteiger partial charge in [-0.2, -0.15) is 0 Å². The molecular formula is C20H15Cl2N3O4S2. The lowest BCUT2D eigenvalue weighted by Gasteiger charge is -2.11. The monoisotopic (exact) mass is 495 g/mol. The van der Waals surface area contributed by atoms with Crippen LogP contribution in [0.2, 0.25) is 8.67 Å². The van der Waals surface area contributed by atoms with Crippen LogP contribution in [0.4, 0.5) is 0 Å². The van der Waals surface area contributed by atoms with E-state index >= 15 is 0 Å². The van der Waals surface area contributed by atoms with Gasteiger partial charge in [-0.25, -0.2) is 18.1 Å². The Balaban J connectivity index is 1.58. The number of nitrogens with one attached hydrogen (secondary N) is 1. The first-order chi connectivity index (χ1) is 14.8. The SMILES string of the molecule is O=C(Cn1c(COc2ccccc2)nc2ccccc21)NS(=O)(=O)c1cc(Cl)sc1Cl. The molecule has 0 atom stereocenters. The predicted octanol–water partition coefficient (Wildman–Crippen LogP) is 4.49. The molecule has 0 unspecified atom stereocenters. The van der Waals surface area contributed by atoms with Gasteiger partial charge in [-0.15, -0.1) is 11.3 Å². The number of thiophene rings is 1. The van der Waals surface area contributed by atoms with Crippen LogP contribution in [0.15, 0.2) is 65.6 Å². The molecular weight excluding hydrogens is 481 g/mol. The molecule has 11 heteroatoms. The Morgan fingerprint density at radius 1 is 1.10 bits per heavy atom. The second-order valence-electron chi connectivity index (χ2n) is 6.42. The average Bonchev–Trinajstić information content (AvgIpc) is 3.26. The highest BCUT2D eigenvalue weighted by Gasteiger charge is 2.24. The molecule has 2 aromatic heterocycles. The van der Waals surface area contributed by atoms with E-state index in [4.69, 9.17) is 27.9 Å². The summed E-state index contributed by atoms with van der Waals surface area (Å²) in [6, 6.07) is 17.6. The zero-order chi connectivity index (χ0) is 22.0. The van der Waals surface area contributed by atoms with Crippen molar-refractivity contribution in [2.24, 2.45) is 0 Å². The second-order valence-corrected chi connectivity index (χ2v) is 10.4. The van der Waals surface area contributed by atoms with E-state index in [0.29, 0.717) is 22.6 Å². The lowest BCUT2D eigenvalue weighted by molar-refractivity contribution is -0.119. The van der Waals surface area contributed by atoms with E-state index in [1.165, 1.54) is 6.07 Å². The number of amides is 1. The number of ether oxygens (including phenoxy) is 1. The number of nitrogens with zero attached hydrogens (tertiary/aromatic N) is 2. The third kappa shape index (κ3) is 4.85. The number of para-hydroxylation sites is 3. The zero-order valence-corrected chi connectivity index (χ0v) is 18.9. The van der Waals surface area contributed by atoms with Crippen LogP contribution in [0, 0.1) is 0 Å². The number of carbonyl (C=O) groups is 1. The van der Waals surface area contributed by atoms with Gasteiger partial charge in [-0.3, -0.25) is 4.79 Å². The standard InChI is InChI=1S/C20H15Cl2N3O4S2/c21-17-10-16(20(22)30-17)31(27,28)24-19(26)11-25-15-9-5-4-8-14(15)23-18(25)12-29-13-6-2-1-3-7-13/h1-10H,11-12H2,(H,24,26). The van der Waals surface area contributed by atoms with Crippen molar-refractivity contribution in [1.82, 2.24) is 14.3 Å². The molecule has 4 rings (SSSR count). The molecule has 7 nitrogen and oxygen atoms in total. The Morgan fingerprint density at radius 3 is 2.52 bits per heavy atom. The predicted molar refractivity (Wildman–Crippen MR) is 120 cm³/mol. The van der Waals surface area contributed by atoms with Gasteiger partial charge in [0.1, 0.15) is 34.0 Å². The second kappa shape index (κ2) is 8.88. The number of aromatic nitrogens is 2. The molecule has 0 aliphatic heterocycles. The molecule has 4 aromatic rings. The molecule has 0 spiro atoms. The number of imidazole rings is 1. The fourth-order valence-corrected chi connectivity index (χ4v) is 6.09. The lowest BCUT2D eigenvalue weighted by atomic mass is 10.3. The van der Waals surface area contributed by atoms with Crippen LogP contribution in [-0.4, -0.2) is 23.9 Å². The van der Waals surface area contributed by atoms with Crippen molar-refractivity contribution < 1.29 is 17.9 Å². The summed E-state index contributed by atoms with van der Waals surface area (Å²) in [5, 5.41) is 0. The molecule has 160 valence electrons. The largest absolute Gasteiger partial charge is 0.486 e. The number of halogens is 2. The van der Waals surface area contributed by atoms with Gasteiger partial charge in [0.15, 0.2) is 0 Å². The quantitative estimate of drug-likeness (QED) is 0.407. The number of sulfonamides is 1. The first kappa shape index (κ1) is 21.6. The molecule has 0 aliphatic rings. The number of hydrogen-bond donors (Lipinski definition) is 1. The van der Waals surface area contributed by atoms with Crippen LogP contribution in [-0.2, 0) is 28.0 Å². The molecule has 1 amide bonds. The van der Waals surface area contributed by atoms with E-state index < -0.39 is 15.9 Å². The van der Waals surface area contributed by atoms with Gasteiger partial charge in [0, 0.05) is 0 Å². The molecule has 0 aliphatic carbocycles. The summed E-state index contributed by atoms with van der Waals surface area (Å²) < 4.78 is 34.7.